The molecule has 1 spiro atoms. The third kappa shape index (κ3) is 2.92. The molecule has 1 aromatic carbocycles. The van der Waals surface area contributed by atoms with Crippen LogP contribution in [0.25, 0.3) is 0 Å². The van der Waals surface area contributed by atoms with Crippen molar-refractivity contribution in [3.8, 4) is 11.5 Å². The Bertz CT molecular complexity index is 796. The summed E-state index contributed by atoms with van der Waals surface area (Å²) >= 11 is 0. The first kappa shape index (κ1) is 15.9. The lowest BCUT2D eigenvalue weighted by molar-refractivity contribution is 0.0229. The number of carbonyl (C=O) groups is 1. The van der Waals surface area contributed by atoms with E-state index in [0.717, 1.165) is 37.4 Å². The van der Waals surface area contributed by atoms with Gasteiger partial charge in [-0.2, -0.15) is 5.10 Å². The molecule has 0 unspecified atom stereocenters. The first-order valence-corrected chi connectivity index (χ1v) is 8.54. The Morgan fingerprint density at radius 3 is 2.64 bits per heavy atom. The van der Waals surface area contributed by atoms with Crippen molar-refractivity contribution >= 4 is 11.6 Å². The molecule has 3 heterocycles. The lowest BCUT2D eigenvalue weighted by Gasteiger charge is -2.44. The fraction of sp³-hybridized carbons (Fsp3) is 0.421. The number of benzene rings is 1. The molecule has 2 aliphatic heterocycles. The molecule has 0 amide bonds. The van der Waals surface area contributed by atoms with E-state index in [1.807, 2.05) is 25.1 Å². The largest absolute Gasteiger partial charge is 0.497 e. The molecule has 0 aliphatic carbocycles. The molecule has 2 aromatic rings. The number of carbonyl (C=O) groups excluding carboxylic acids is 1. The van der Waals surface area contributed by atoms with Crippen molar-refractivity contribution in [1.29, 1.82) is 0 Å². The van der Waals surface area contributed by atoms with Gasteiger partial charge in [-0.05, 0) is 31.2 Å². The molecule has 2 aliphatic rings. The van der Waals surface area contributed by atoms with Gasteiger partial charge in [0.2, 0.25) is 0 Å². The summed E-state index contributed by atoms with van der Waals surface area (Å²) in [6.45, 7) is 3.52. The number of nitrogens with zero attached hydrogens (tertiary/aromatic N) is 3. The summed E-state index contributed by atoms with van der Waals surface area (Å²) in [6.07, 6.45) is 2.00. The lowest BCUT2D eigenvalue weighted by atomic mass is 9.82. The van der Waals surface area contributed by atoms with Gasteiger partial charge in [0.05, 0.1) is 24.8 Å². The Morgan fingerprint density at radius 2 is 1.96 bits per heavy atom. The minimum absolute atomic E-state index is 0.146. The maximum absolute atomic E-state index is 12.6. The second-order valence-electron chi connectivity index (χ2n) is 6.77. The summed E-state index contributed by atoms with van der Waals surface area (Å²) in [5, 5.41) is 8.39. The van der Waals surface area contributed by atoms with Crippen LogP contribution in [0.2, 0.25) is 0 Å². The highest BCUT2D eigenvalue weighted by molar-refractivity contribution is 6.00. The van der Waals surface area contributed by atoms with Gasteiger partial charge in [-0.1, -0.05) is 0 Å². The van der Waals surface area contributed by atoms with Gasteiger partial charge in [0.1, 0.15) is 17.1 Å². The van der Waals surface area contributed by atoms with Gasteiger partial charge in [0, 0.05) is 32.0 Å². The van der Waals surface area contributed by atoms with Crippen LogP contribution in [0, 0.1) is 6.92 Å². The van der Waals surface area contributed by atoms with Crippen molar-refractivity contribution in [2.75, 3.05) is 25.1 Å². The molecule has 130 valence electrons. The van der Waals surface area contributed by atoms with Crippen LogP contribution < -0.4 is 14.4 Å². The van der Waals surface area contributed by atoms with Crippen molar-refractivity contribution in [3.05, 3.63) is 41.6 Å². The average Bonchev–Trinajstić information content (AvgIpc) is 2.62. The third-order valence-corrected chi connectivity index (χ3v) is 5.08. The van der Waals surface area contributed by atoms with Gasteiger partial charge >= 0.3 is 0 Å². The van der Waals surface area contributed by atoms with E-state index in [9.17, 15) is 4.79 Å². The number of anilines is 1. The molecule has 0 saturated carbocycles. The molecule has 1 saturated heterocycles. The highest BCUT2D eigenvalue weighted by Gasteiger charge is 2.43. The molecule has 1 aromatic heterocycles. The highest BCUT2D eigenvalue weighted by Crippen LogP contribution is 2.41. The van der Waals surface area contributed by atoms with E-state index in [1.54, 1.807) is 19.2 Å². The zero-order valence-electron chi connectivity index (χ0n) is 14.5. The molecular weight excluding hydrogens is 318 g/mol. The maximum Gasteiger partial charge on any atom is 0.170 e. The maximum atomic E-state index is 12.6. The van der Waals surface area contributed by atoms with E-state index in [4.69, 9.17) is 9.47 Å². The SMILES string of the molecule is COc1ccc2c(c1)OC1(CCN(c3ccc(C)nn3)CC1)CC2=O. The fourth-order valence-corrected chi connectivity index (χ4v) is 3.58. The second kappa shape index (κ2) is 6.02. The first-order chi connectivity index (χ1) is 12.1. The van der Waals surface area contributed by atoms with Crippen LogP contribution >= 0.6 is 0 Å². The standard InChI is InChI=1S/C19H21N3O3/c1-13-3-6-18(21-20-13)22-9-7-19(8-10-22)12-16(23)15-5-4-14(24-2)11-17(15)25-19/h3-6,11H,7-10,12H2,1-2H3. The van der Waals surface area contributed by atoms with Gasteiger partial charge in [0.15, 0.2) is 11.6 Å². The number of aryl methyl sites for hydroxylation is 1. The zero-order valence-corrected chi connectivity index (χ0v) is 14.5. The van der Waals surface area contributed by atoms with E-state index in [1.165, 1.54) is 0 Å². The van der Waals surface area contributed by atoms with E-state index in [-0.39, 0.29) is 5.78 Å². The minimum Gasteiger partial charge on any atom is -0.497 e. The van der Waals surface area contributed by atoms with Gasteiger partial charge in [-0.3, -0.25) is 4.79 Å². The quantitative estimate of drug-likeness (QED) is 0.838. The van der Waals surface area contributed by atoms with Crippen LogP contribution in [0.15, 0.2) is 30.3 Å². The molecular formula is C19H21N3O3. The van der Waals surface area contributed by atoms with E-state index in [0.29, 0.717) is 23.5 Å². The second-order valence-corrected chi connectivity index (χ2v) is 6.77. The summed E-state index contributed by atoms with van der Waals surface area (Å²) in [4.78, 5) is 14.8. The average molecular weight is 339 g/mol. The van der Waals surface area contributed by atoms with Crippen LogP contribution in [0.4, 0.5) is 5.82 Å². The number of aromatic nitrogens is 2. The summed E-state index contributed by atoms with van der Waals surface area (Å²) < 4.78 is 11.6. The number of fused-ring (bicyclic) bond motifs is 1. The number of hydrogen-bond acceptors (Lipinski definition) is 6. The lowest BCUT2D eigenvalue weighted by Crippen LogP contribution is -2.51. The van der Waals surface area contributed by atoms with E-state index in [2.05, 4.69) is 15.1 Å². The summed E-state index contributed by atoms with van der Waals surface area (Å²) in [5.74, 6) is 2.37. The molecule has 0 radical (unpaired) electrons. The van der Waals surface area contributed by atoms with Crippen LogP contribution in [-0.2, 0) is 0 Å². The normalized spacial score (nSPS) is 18.6. The fourth-order valence-electron chi connectivity index (χ4n) is 3.58. The molecule has 1 fully saturated rings. The Labute approximate surface area is 146 Å². The number of rotatable bonds is 2. The van der Waals surface area contributed by atoms with Gasteiger partial charge < -0.3 is 14.4 Å². The topological polar surface area (TPSA) is 64.6 Å². The third-order valence-electron chi connectivity index (χ3n) is 5.08. The Morgan fingerprint density at radius 1 is 1.16 bits per heavy atom. The van der Waals surface area contributed by atoms with Crippen molar-refractivity contribution < 1.29 is 14.3 Å². The molecule has 0 bridgehead atoms. The molecule has 0 atom stereocenters. The molecule has 0 N–H and O–H groups in total. The van der Waals surface area contributed by atoms with Gasteiger partial charge in [-0.25, -0.2) is 0 Å². The Kier molecular flexibility index (Phi) is 3.82. The molecule has 25 heavy (non-hydrogen) atoms. The Hall–Kier alpha value is -2.63. The summed E-state index contributed by atoms with van der Waals surface area (Å²) in [6, 6.07) is 9.37. The van der Waals surface area contributed by atoms with Gasteiger partial charge in [-0.15, -0.1) is 5.10 Å². The van der Waals surface area contributed by atoms with Crippen LogP contribution in [0.3, 0.4) is 0 Å². The number of hydrogen-bond donors (Lipinski definition) is 0. The monoisotopic (exact) mass is 339 g/mol. The van der Waals surface area contributed by atoms with Crippen LogP contribution in [0.1, 0.15) is 35.3 Å². The van der Waals surface area contributed by atoms with Crippen LogP contribution in [0.5, 0.6) is 11.5 Å². The smallest absolute Gasteiger partial charge is 0.170 e. The zero-order chi connectivity index (χ0) is 17.4. The van der Waals surface area contributed by atoms with E-state index < -0.39 is 5.60 Å². The van der Waals surface area contributed by atoms with E-state index >= 15 is 0 Å². The molecule has 4 rings (SSSR count). The van der Waals surface area contributed by atoms with Gasteiger partial charge in [0.25, 0.3) is 0 Å². The van der Waals surface area contributed by atoms with Crippen molar-refractivity contribution in [1.82, 2.24) is 10.2 Å². The van der Waals surface area contributed by atoms with Crippen molar-refractivity contribution in [3.63, 3.8) is 0 Å². The summed E-state index contributed by atoms with van der Waals surface area (Å²) in [5.41, 5.74) is 1.13. The van der Waals surface area contributed by atoms with Crippen molar-refractivity contribution in [2.24, 2.45) is 0 Å². The number of methoxy groups -OCH3 is 1. The number of Topliss-reactive ketones (excluding diaryl/α,β-unsaturated/α-hetero) is 1. The first-order valence-electron chi connectivity index (χ1n) is 8.54. The predicted octanol–water partition coefficient (Wildman–Crippen LogP) is 2.80. The number of piperidine rings is 1. The minimum atomic E-state index is -0.426. The number of ether oxygens (including phenoxy) is 2. The summed E-state index contributed by atoms with van der Waals surface area (Å²) in [7, 11) is 1.61. The number of ketones is 1. The Balaban J connectivity index is 1.52. The van der Waals surface area contributed by atoms with Crippen LogP contribution in [-0.4, -0.2) is 41.8 Å². The molecule has 6 nitrogen and oxygen atoms in total. The highest BCUT2D eigenvalue weighted by atomic mass is 16.5. The predicted molar refractivity (Wildman–Crippen MR) is 93.5 cm³/mol. The van der Waals surface area contributed by atoms with Crippen molar-refractivity contribution in [2.45, 2.75) is 31.8 Å². The molecule has 6 heteroatoms.